The van der Waals surface area contributed by atoms with Gasteiger partial charge in [0.2, 0.25) is 0 Å². The molecule has 0 bridgehead atoms. The fourth-order valence-electron chi connectivity index (χ4n) is 2.33. The number of hydrogen-bond donors (Lipinski definition) is 1. The van der Waals surface area contributed by atoms with E-state index < -0.39 is 0 Å². The van der Waals surface area contributed by atoms with Crippen LogP contribution in [-0.4, -0.2) is 25.1 Å². The summed E-state index contributed by atoms with van der Waals surface area (Å²) < 4.78 is 0. The summed E-state index contributed by atoms with van der Waals surface area (Å²) >= 11 is 0. The Morgan fingerprint density at radius 1 is 1.11 bits per heavy atom. The summed E-state index contributed by atoms with van der Waals surface area (Å²) in [5.41, 5.74) is 9.00. The van der Waals surface area contributed by atoms with Crippen LogP contribution in [0.4, 0.5) is 22.9 Å². The van der Waals surface area contributed by atoms with Crippen LogP contribution in [0.1, 0.15) is 0 Å². The smallest absolute Gasteiger partial charge is 0.135 e. The second-order valence-corrected chi connectivity index (χ2v) is 4.51. The van der Waals surface area contributed by atoms with E-state index in [2.05, 4.69) is 46.1 Å². The minimum absolute atomic E-state index is 0.747. The van der Waals surface area contributed by atoms with Crippen molar-refractivity contribution in [2.45, 2.75) is 0 Å². The number of likely N-dealkylation sites (N-methyl/N-ethyl adjacent to an activating group) is 1. The van der Waals surface area contributed by atoms with Crippen LogP contribution >= 0.6 is 0 Å². The highest BCUT2D eigenvalue weighted by atomic mass is 15.3. The number of nitrogen functional groups attached to an aromatic ring is 1. The normalized spacial score (nSPS) is 14.5. The van der Waals surface area contributed by atoms with Crippen molar-refractivity contribution in [2.75, 3.05) is 35.7 Å². The van der Waals surface area contributed by atoms with Gasteiger partial charge in [-0.05, 0) is 18.2 Å². The summed E-state index contributed by atoms with van der Waals surface area (Å²) in [5, 5.41) is 0. The fraction of sp³-hybridized carbons (Fsp3) is 0.214. The molecule has 1 aromatic heterocycles. The van der Waals surface area contributed by atoms with Gasteiger partial charge in [0.05, 0.1) is 11.4 Å². The van der Waals surface area contributed by atoms with Crippen molar-refractivity contribution < 1.29 is 0 Å². The summed E-state index contributed by atoms with van der Waals surface area (Å²) in [6.45, 7) is 1.90. The first-order valence-corrected chi connectivity index (χ1v) is 6.05. The molecule has 0 amide bonds. The van der Waals surface area contributed by atoms with E-state index in [1.54, 1.807) is 6.20 Å². The van der Waals surface area contributed by atoms with Gasteiger partial charge in [0.15, 0.2) is 0 Å². The molecule has 4 heteroatoms. The summed E-state index contributed by atoms with van der Waals surface area (Å²) in [6, 6.07) is 12.1. The zero-order valence-electron chi connectivity index (χ0n) is 10.4. The molecule has 4 nitrogen and oxygen atoms in total. The monoisotopic (exact) mass is 240 g/mol. The van der Waals surface area contributed by atoms with Crippen molar-refractivity contribution >= 4 is 22.9 Å². The molecule has 0 atom stereocenters. The standard InChI is InChI=1S/C14H16N4/c1-17-8-9-18(13-5-3-2-4-12(13)17)14-10-11(15)6-7-16-14/h2-7,10H,8-9H2,1H3,(H2,15,16). The molecule has 0 spiro atoms. The summed E-state index contributed by atoms with van der Waals surface area (Å²) in [7, 11) is 2.11. The lowest BCUT2D eigenvalue weighted by atomic mass is 10.1. The number of fused-ring (bicyclic) bond motifs is 1. The highest BCUT2D eigenvalue weighted by Crippen LogP contribution is 2.36. The molecule has 0 fully saturated rings. The van der Waals surface area contributed by atoms with E-state index in [9.17, 15) is 0 Å². The van der Waals surface area contributed by atoms with Gasteiger partial charge in [0, 0.05) is 38.1 Å². The van der Waals surface area contributed by atoms with E-state index in [4.69, 9.17) is 5.73 Å². The van der Waals surface area contributed by atoms with Gasteiger partial charge in [-0.3, -0.25) is 0 Å². The van der Waals surface area contributed by atoms with Crippen LogP contribution in [0.5, 0.6) is 0 Å². The number of nitrogens with two attached hydrogens (primary N) is 1. The first-order chi connectivity index (χ1) is 8.75. The zero-order chi connectivity index (χ0) is 12.5. The maximum absolute atomic E-state index is 5.84. The van der Waals surface area contributed by atoms with Crippen LogP contribution in [0.15, 0.2) is 42.6 Å². The maximum atomic E-state index is 5.84. The van der Waals surface area contributed by atoms with Gasteiger partial charge in [-0.15, -0.1) is 0 Å². The third kappa shape index (κ3) is 1.76. The quantitative estimate of drug-likeness (QED) is 0.830. The Bertz CT molecular complexity index is 567. The molecule has 2 N–H and O–H groups in total. The van der Waals surface area contributed by atoms with Gasteiger partial charge in [-0.25, -0.2) is 4.98 Å². The minimum atomic E-state index is 0.747. The van der Waals surface area contributed by atoms with Gasteiger partial charge in [-0.1, -0.05) is 12.1 Å². The lowest BCUT2D eigenvalue weighted by molar-refractivity contribution is 0.813. The predicted molar refractivity (Wildman–Crippen MR) is 75.4 cm³/mol. The first-order valence-electron chi connectivity index (χ1n) is 6.05. The van der Waals surface area contributed by atoms with Crippen molar-refractivity contribution in [3.63, 3.8) is 0 Å². The van der Waals surface area contributed by atoms with Crippen molar-refractivity contribution in [3.05, 3.63) is 42.6 Å². The molecule has 2 heterocycles. The van der Waals surface area contributed by atoms with Crippen molar-refractivity contribution in [2.24, 2.45) is 0 Å². The Balaban J connectivity index is 2.07. The van der Waals surface area contributed by atoms with Gasteiger partial charge in [0.25, 0.3) is 0 Å². The van der Waals surface area contributed by atoms with E-state index in [1.165, 1.54) is 11.4 Å². The highest BCUT2D eigenvalue weighted by Gasteiger charge is 2.21. The minimum Gasteiger partial charge on any atom is -0.399 e. The van der Waals surface area contributed by atoms with Crippen LogP contribution < -0.4 is 15.5 Å². The number of benzene rings is 1. The third-order valence-electron chi connectivity index (χ3n) is 3.29. The highest BCUT2D eigenvalue weighted by molar-refractivity contribution is 5.78. The number of pyridine rings is 1. The lowest BCUT2D eigenvalue weighted by Gasteiger charge is -2.36. The van der Waals surface area contributed by atoms with Gasteiger partial charge >= 0.3 is 0 Å². The van der Waals surface area contributed by atoms with Crippen LogP contribution in [-0.2, 0) is 0 Å². The Kier molecular flexibility index (Phi) is 2.55. The molecular weight excluding hydrogens is 224 g/mol. The van der Waals surface area contributed by atoms with Crippen molar-refractivity contribution in [1.29, 1.82) is 0 Å². The van der Waals surface area contributed by atoms with E-state index in [0.717, 1.165) is 24.6 Å². The Hall–Kier alpha value is -2.23. The Morgan fingerprint density at radius 2 is 1.89 bits per heavy atom. The SMILES string of the molecule is CN1CCN(c2cc(N)ccn2)c2ccccc21. The van der Waals surface area contributed by atoms with Crippen LogP contribution in [0.2, 0.25) is 0 Å². The maximum Gasteiger partial charge on any atom is 0.135 e. The van der Waals surface area contributed by atoms with E-state index in [0.29, 0.717) is 0 Å². The van der Waals surface area contributed by atoms with Gasteiger partial charge in [-0.2, -0.15) is 0 Å². The summed E-state index contributed by atoms with van der Waals surface area (Å²) in [5.74, 6) is 0.913. The third-order valence-corrected chi connectivity index (χ3v) is 3.29. The second kappa shape index (κ2) is 4.22. The van der Waals surface area contributed by atoms with Crippen LogP contribution in [0, 0.1) is 0 Å². The number of para-hydroxylation sites is 2. The van der Waals surface area contributed by atoms with Crippen LogP contribution in [0.25, 0.3) is 0 Å². The molecule has 2 aromatic rings. The average molecular weight is 240 g/mol. The number of aromatic nitrogens is 1. The zero-order valence-corrected chi connectivity index (χ0v) is 10.4. The number of anilines is 4. The molecule has 0 saturated heterocycles. The number of hydrogen-bond acceptors (Lipinski definition) is 4. The van der Waals surface area contributed by atoms with E-state index in [1.807, 2.05) is 12.1 Å². The molecule has 92 valence electrons. The predicted octanol–water partition coefficient (Wildman–Crippen LogP) is 2.25. The molecule has 1 aliphatic rings. The average Bonchev–Trinajstić information content (AvgIpc) is 2.39. The summed E-state index contributed by atoms with van der Waals surface area (Å²) in [6.07, 6.45) is 1.76. The molecule has 18 heavy (non-hydrogen) atoms. The lowest BCUT2D eigenvalue weighted by Crippen LogP contribution is -2.36. The molecule has 3 rings (SSSR count). The Labute approximate surface area is 107 Å². The fourth-order valence-corrected chi connectivity index (χ4v) is 2.33. The first kappa shape index (κ1) is 10.9. The largest absolute Gasteiger partial charge is 0.399 e. The second-order valence-electron chi connectivity index (χ2n) is 4.51. The molecule has 1 aliphatic heterocycles. The van der Waals surface area contributed by atoms with E-state index in [-0.39, 0.29) is 0 Å². The topological polar surface area (TPSA) is 45.4 Å². The van der Waals surface area contributed by atoms with Crippen molar-refractivity contribution in [3.8, 4) is 0 Å². The molecule has 0 saturated carbocycles. The van der Waals surface area contributed by atoms with Crippen LogP contribution in [0.3, 0.4) is 0 Å². The molecule has 1 aromatic carbocycles. The number of rotatable bonds is 1. The van der Waals surface area contributed by atoms with Gasteiger partial charge in [0.1, 0.15) is 5.82 Å². The van der Waals surface area contributed by atoms with Crippen molar-refractivity contribution in [1.82, 2.24) is 4.98 Å². The molecule has 0 aliphatic carbocycles. The van der Waals surface area contributed by atoms with E-state index >= 15 is 0 Å². The molecule has 0 radical (unpaired) electrons. The number of nitrogens with zero attached hydrogens (tertiary/aromatic N) is 3. The summed E-state index contributed by atoms with van der Waals surface area (Å²) in [4.78, 5) is 8.89. The van der Waals surface area contributed by atoms with Gasteiger partial charge < -0.3 is 15.5 Å². The molecule has 0 unspecified atom stereocenters. The molecular formula is C14H16N4. The Morgan fingerprint density at radius 3 is 2.67 bits per heavy atom.